The maximum atomic E-state index is 13.5. The number of nitrogen functional groups attached to an aromatic ring is 1. The normalized spacial score (nSPS) is 10.6. The third-order valence-electron chi connectivity index (χ3n) is 1.97. The van der Waals surface area contributed by atoms with Gasteiger partial charge >= 0.3 is 0 Å². The molecule has 0 radical (unpaired) electrons. The quantitative estimate of drug-likeness (QED) is 0.665. The van der Waals surface area contributed by atoms with Crippen molar-refractivity contribution in [3.05, 3.63) is 44.8 Å². The summed E-state index contributed by atoms with van der Waals surface area (Å²) in [7, 11) is 0. The van der Waals surface area contributed by atoms with Crippen LogP contribution in [-0.2, 0) is 5.75 Å². The molecule has 0 atom stereocenters. The van der Waals surface area contributed by atoms with Gasteiger partial charge in [0.25, 0.3) is 0 Å². The molecule has 0 aliphatic carbocycles. The minimum absolute atomic E-state index is 0.251. The van der Waals surface area contributed by atoms with Gasteiger partial charge in [0.15, 0.2) is 0 Å². The Morgan fingerprint density at radius 2 is 2.19 bits per heavy atom. The largest absolute Gasteiger partial charge is 0.399 e. The molecule has 2 rings (SSSR count). The molecule has 0 fully saturated rings. The fourth-order valence-corrected chi connectivity index (χ4v) is 3.38. The van der Waals surface area contributed by atoms with E-state index in [4.69, 9.17) is 5.73 Å². The second-order valence-electron chi connectivity index (χ2n) is 3.24. The fraction of sp³-hybridized carbons (Fsp3) is 0.0909. The summed E-state index contributed by atoms with van der Waals surface area (Å²) in [5, 5.41) is 2.06. The zero-order chi connectivity index (χ0) is 11.5. The number of hydrogen-bond donors (Lipinski definition) is 1. The number of hydrogen-bond acceptors (Lipinski definition) is 3. The highest BCUT2D eigenvalue weighted by Crippen LogP contribution is 2.29. The Balaban J connectivity index is 2.04. The molecule has 0 bridgehead atoms. The Morgan fingerprint density at radius 3 is 2.81 bits per heavy atom. The van der Waals surface area contributed by atoms with Crippen LogP contribution in [0.2, 0.25) is 0 Å². The van der Waals surface area contributed by atoms with Crippen LogP contribution in [0.25, 0.3) is 0 Å². The topological polar surface area (TPSA) is 26.0 Å². The van der Waals surface area contributed by atoms with Crippen LogP contribution in [0, 0.1) is 5.82 Å². The van der Waals surface area contributed by atoms with Gasteiger partial charge in [-0.15, -0.1) is 23.1 Å². The summed E-state index contributed by atoms with van der Waals surface area (Å²) in [4.78, 5) is 0.636. The molecule has 5 heteroatoms. The minimum Gasteiger partial charge on any atom is -0.399 e. The van der Waals surface area contributed by atoms with Crippen molar-refractivity contribution in [1.82, 2.24) is 0 Å². The lowest BCUT2D eigenvalue weighted by molar-refractivity contribution is 0.603. The molecule has 0 spiro atoms. The predicted molar refractivity (Wildman–Crippen MR) is 72.4 cm³/mol. The van der Waals surface area contributed by atoms with Crippen molar-refractivity contribution in [2.75, 3.05) is 5.73 Å². The average molecular weight is 318 g/mol. The van der Waals surface area contributed by atoms with Crippen molar-refractivity contribution in [2.45, 2.75) is 10.6 Å². The molecule has 0 aliphatic rings. The van der Waals surface area contributed by atoms with E-state index in [9.17, 15) is 4.39 Å². The number of rotatable bonds is 3. The Kier molecular flexibility index (Phi) is 3.89. The molecule has 2 N–H and O–H groups in total. The van der Waals surface area contributed by atoms with Crippen LogP contribution in [0.15, 0.2) is 38.3 Å². The van der Waals surface area contributed by atoms with Gasteiger partial charge in [-0.1, -0.05) is 0 Å². The van der Waals surface area contributed by atoms with Crippen LogP contribution >= 0.6 is 39.0 Å². The fourth-order valence-electron chi connectivity index (χ4n) is 1.22. The van der Waals surface area contributed by atoms with Gasteiger partial charge in [0, 0.05) is 16.3 Å². The Morgan fingerprint density at radius 1 is 1.38 bits per heavy atom. The summed E-state index contributed by atoms with van der Waals surface area (Å²) >= 11 is 6.51. The molecular formula is C11H9BrFNS2. The predicted octanol–water partition coefficient (Wildman–Crippen LogP) is 4.52. The molecule has 1 aromatic heterocycles. The van der Waals surface area contributed by atoms with Crippen LogP contribution in [0.3, 0.4) is 0 Å². The van der Waals surface area contributed by atoms with Gasteiger partial charge in [-0.25, -0.2) is 4.39 Å². The van der Waals surface area contributed by atoms with Gasteiger partial charge in [-0.2, -0.15) is 0 Å². The van der Waals surface area contributed by atoms with Crippen LogP contribution in [0.1, 0.15) is 5.56 Å². The molecule has 1 heterocycles. The zero-order valence-electron chi connectivity index (χ0n) is 8.24. The number of anilines is 1. The number of halogens is 2. The summed E-state index contributed by atoms with van der Waals surface area (Å²) in [6.07, 6.45) is 0. The van der Waals surface area contributed by atoms with Crippen molar-refractivity contribution in [3.8, 4) is 0 Å². The maximum absolute atomic E-state index is 13.5. The SMILES string of the molecule is Nc1ccc(SCc2csc(Br)c2)c(F)c1. The lowest BCUT2D eigenvalue weighted by Crippen LogP contribution is -1.88. The van der Waals surface area contributed by atoms with E-state index in [2.05, 4.69) is 21.3 Å². The van der Waals surface area contributed by atoms with Crippen LogP contribution in [-0.4, -0.2) is 0 Å². The highest BCUT2D eigenvalue weighted by molar-refractivity contribution is 9.11. The summed E-state index contributed by atoms with van der Waals surface area (Å²) in [6, 6.07) is 6.84. The summed E-state index contributed by atoms with van der Waals surface area (Å²) in [5.41, 5.74) is 7.14. The molecule has 0 unspecified atom stereocenters. The lowest BCUT2D eigenvalue weighted by Gasteiger charge is -2.02. The molecular weight excluding hydrogens is 309 g/mol. The van der Waals surface area contributed by atoms with Crippen LogP contribution in [0.4, 0.5) is 10.1 Å². The first-order valence-corrected chi connectivity index (χ1v) is 7.22. The van der Waals surface area contributed by atoms with E-state index in [0.29, 0.717) is 10.6 Å². The van der Waals surface area contributed by atoms with E-state index in [1.807, 2.05) is 6.07 Å². The van der Waals surface area contributed by atoms with E-state index in [-0.39, 0.29) is 5.82 Å². The minimum atomic E-state index is -0.251. The van der Waals surface area contributed by atoms with E-state index in [1.54, 1.807) is 23.5 Å². The number of thiophene rings is 1. The molecule has 2 aromatic rings. The Hall–Kier alpha value is -0.520. The molecule has 0 saturated carbocycles. The molecule has 1 nitrogen and oxygen atoms in total. The summed E-state index contributed by atoms with van der Waals surface area (Å²) in [5.74, 6) is 0.516. The Labute approximate surface area is 110 Å². The van der Waals surface area contributed by atoms with E-state index in [0.717, 1.165) is 9.54 Å². The van der Waals surface area contributed by atoms with Crippen LogP contribution < -0.4 is 5.73 Å². The third-order valence-corrected chi connectivity index (χ3v) is 4.65. The highest BCUT2D eigenvalue weighted by Gasteiger charge is 2.04. The van der Waals surface area contributed by atoms with E-state index >= 15 is 0 Å². The second kappa shape index (κ2) is 5.21. The summed E-state index contributed by atoms with van der Waals surface area (Å²) in [6.45, 7) is 0. The van der Waals surface area contributed by atoms with Crippen molar-refractivity contribution in [3.63, 3.8) is 0 Å². The molecule has 84 valence electrons. The van der Waals surface area contributed by atoms with Crippen molar-refractivity contribution in [2.24, 2.45) is 0 Å². The van der Waals surface area contributed by atoms with E-state index < -0.39 is 0 Å². The summed E-state index contributed by atoms with van der Waals surface area (Å²) < 4.78 is 14.5. The number of thioether (sulfide) groups is 1. The molecule has 0 amide bonds. The van der Waals surface area contributed by atoms with Gasteiger partial charge in [0.1, 0.15) is 5.82 Å². The number of nitrogens with two attached hydrogens (primary N) is 1. The number of benzene rings is 1. The molecule has 0 aliphatic heterocycles. The monoisotopic (exact) mass is 317 g/mol. The van der Waals surface area contributed by atoms with Gasteiger partial charge in [0.05, 0.1) is 3.79 Å². The smallest absolute Gasteiger partial charge is 0.138 e. The van der Waals surface area contributed by atoms with Gasteiger partial charge in [0.2, 0.25) is 0 Å². The Bertz CT molecular complexity index is 498. The molecule has 0 saturated heterocycles. The van der Waals surface area contributed by atoms with E-state index in [1.165, 1.54) is 23.4 Å². The van der Waals surface area contributed by atoms with Gasteiger partial charge < -0.3 is 5.73 Å². The second-order valence-corrected chi connectivity index (χ2v) is 6.55. The van der Waals surface area contributed by atoms with Crippen molar-refractivity contribution in [1.29, 1.82) is 0 Å². The average Bonchev–Trinajstić information content (AvgIpc) is 2.63. The molecule has 16 heavy (non-hydrogen) atoms. The van der Waals surface area contributed by atoms with Crippen molar-refractivity contribution >= 4 is 44.7 Å². The third kappa shape index (κ3) is 2.99. The first-order valence-electron chi connectivity index (χ1n) is 4.56. The highest BCUT2D eigenvalue weighted by atomic mass is 79.9. The zero-order valence-corrected chi connectivity index (χ0v) is 11.5. The first-order chi connectivity index (χ1) is 7.65. The maximum Gasteiger partial charge on any atom is 0.138 e. The first kappa shape index (κ1) is 12.0. The standard InChI is InChI=1S/C11H9BrFNS2/c12-11-3-7(6-16-11)5-15-10-2-1-8(14)4-9(10)13/h1-4,6H,5,14H2. The van der Waals surface area contributed by atoms with Gasteiger partial charge in [-0.05, 0) is 51.1 Å². The van der Waals surface area contributed by atoms with Crippen LogP contribution in [0.5, 0.6) is 0 Å². The molecule has 1 aromatic carbocycles. The van der Waals surface area contributed by atoms with Crippen molar-refractivity contribution < 1.29 is 4.39 Å². The lowest BCUT2D eigenvalue weighted by atomic mass is 10.3. The van der Waals surface area contributed by atoms with Gasteiger partial charge in [-0.3, -0.25) is 0 Å².